The topological polar surface area (TPSA) is 65.4 Å². The predicted molar refractivity (Wildman–Crippen MR) is 69.5 cm³/mol. The molecular weight excluding hydrogens is 304 g/mol. The Labute approximate surface area is 120 Å². The van der Waals surface area contributed by atoms with Crippen LogP contribution in [0.25, 0.3) is 16.8 Å². The second-order valence-electron chi connectivity index (χ2n) is 4.36. The van der Waals surface area contributed by atoms with E-state index in [0.29, 0.717) is 11.3 Å². The molecule has 0 aliphatic rings. The molecule has 0 unspecified atom stereocenters. The molecule has 0 bridgehead atoms. The van der Waals surface area contributed by atoms with Gasteiger partial charge in [-0.25, -0.2) is 13.9 Å². The Hall–Kier alpha value is -2.84. The lowest BCUT2D eigenvalue weighted by atomic mass is 10.1. The average Bonchev–Trinajstić information content (AvgIpc) is 2.74. The van der Waals surface area contributed by atoms with E-state index in [9.17, 15) is 17.6 Å². The number of benzene rings is 1. The van der Waals surface area contributed by atoms with Crippen LogP contribution in [0.4, 0.5) is 23.5 Å². The number of hydrogen-bond acceptors (Lipinski definition) is 4. The highest BCUT2D eigenvalue weighted by atomic mass is 19.4. The summed E-state index contributed by atoms with van der Waals surface area (Å²) in [6.07, 6.45) is -3.54. The number of nitrogens with two attached hydrogens (primary N) is 1. The number of nitrogens with zero attached hydrogens (tertiary/aromatic N) is 3. The molecule has 2 heterocycles. The van der Waals surface area contributed by atoms with Crippen LogP contribution < -0.4 is 10.5 Å². The van der Waals surface area contributed by atoms with E-state index < -0.39 is 12.2 Å². The zero-order valence-electron chi connectivity index (χ0n) is 10.8. The first-order valence-electron chi connectivity index (χ1n) is 5.99. The molecule has 1 aromatic carbocycles. The van der Waals surface area contributed by atoms with E-state index in [-0.39, 0.29) is 17.2 Å². The third-order valence-electron chi connectivity index (χ3n) is 2.87. The highest BCUT2D eigenvalue weighted by Crippen LogP contribution is 2.28. The summed E-state index contributed by atoms with van der Waals surface area (Å²) in [7, 11) is 0. The summed E-state index contributed by atoms with van der Waals surface area (Å²) in [5.74, 6) is -0.987. The Morgan fingerprint density at radius 2 is 1.82 bits per heavy atom. The van der Waals surface area contributed by atoms with Crippen LogP contribution in [-0.4, -0.2) is 21.0 Å². The summed E-state index contributed by atoms with van der Waals surface area (Å²) >= 11 is 0. The average molecular weight is 312 g/mol. The van der Waals surface area contributed by atoms with Gasteiger partial charge in [0.15, 0.2) is 5.82 Å². The molecule has 0 aliphatic carbocycles. The molecule has 3 aromatic rings. The first-order chi connectivity index (χ1) is 10.3. The molecule has 5 nitrogen and oxygen atoms in total. The second-order valence-corrected chi connectivity index (χ2v) is 4.36. The highest BCUT2D eigenvalue weighted by molar-refractivity contribution is 5.67. The van der Waals surface area contributed by atoms with Gasteiger partial charge in [0, 0.05) is 11.6 Å². The lowest BCUT2D eigenvalue weighted by Crippen LogP contribution is -2.16. The molecule has 3 rings (SSSR count). The Morgan fingerprint density at radius 3 is 2.45 bits per heavy atom. The molecule has 22 heavy (non-hydrogen) atoms. The normalized spacial score (nSPS) is 11.8. The minimum absolute atomic E-state index is 0.0543. The van der Waals surface area contributed by atoms with Gasteiger partial charge in [0.1, 0.15) is 11.3 Å². The van der Waals surface area contributed by atoms with Crippen molar-refractivity contribution in [2.24, 2.45) is 0 Å². The molecule has 0 aliphatic heterocycles. The second kappa shape index (κ2) is 4.86. The zero-order valence-corrected chi connectivity index (χ0v) is 10.8. The fourth-order valence-corrected chi connectivity index (χ4v) is 2.00. The third kappa shape index (κ3) is 2.65. The zero-order chi connectivity index (χ0) is 15.9. The van der Waals surface area contributed by atoms with Crippen LogP contribution in [-0.2, 0) is 0 Å². The first-order valence-corrected chi connectivity index (χ1v) is 5.99. The van der Waals surface area contributed by atoms with Crippen molar-refractivity contribution < 1.29 is 22.3 Å². The summed E-state index contributed by atoms with van der Waals surface area (Å²) in [6, 6.07) is 6.18. The molecule has 0 atom stereocenters. The molecule has 0 saturated carbocycles. The number of anilines is 1. The molecular formula is C13H8F4N4O. The summed E-state index contributed by atoms with van der Waals surface area (Å²) < 4.78 is 55.2. The van der Waals surface area contributed by atoms with Crippen molar-refractivity contribution >= 4 is 11.5 Å². The number of aromatic nitrogens is 3. The molecule has 0 fully saturated rings. The van der Waals surface area contributed by atoms with Gasteiger partial charge in [0.25, 0.3) is 0 Å². The van der Waals surface area contributed by atoms with Gasteiger partial charge in [0.05, 0.1) is 11.9 Å². The van der Waals surface area contributed by atoms with E-state index in [2.05, 4.69) is 14.8 Å². The van der Waals surface area contributed by atoms with Crippen LogP contribution in [0.15, 0.2) is 36.5 Å². The van der Waals surface area contributed by atoms with Crippen molar-refractivity contribution in [2.45, 2.75) is 6.36 Å². The lowest BCUT2D eigenvalue weighted by Gasteiger charge is -2.09. The smallest absolute Gasteiger partial charge is 0.406 e. The van der Waals surface area contributed by atoms with Gasteiger partial charge in [-0.2, -0.15) is 0 Å². The SMILES string of the molecule is Nc1ncc2c(F)cc(-c3ccc(OC(F)(F)F)cc3)n2n1. The summed E-state index contributed by atoms with van der Waals surface area (Å²) in [6.45, 7) is 0. The van der Waals surface area contributed by atoms with E-state index in [4.69, 9.17) is 5.73 Å². The maximum atomic E-state index is 13.8. The summed E-state index contributed by atoms with van der Waals surface area (Å²) in [4.78, 5) is 3.69. The summed E-state index contributed by atoms with van der Waals surface area (Å²) in [5.41, 5.74) is 6.36. The van der Waals surface area contributed by atoms with Gasteiger partial charge in [-0.15, -0.1) is 18.3 Å². The molecule has 9 heteroatoms. The number of nitrogen functional groups attached to an aromatic ring is 1. The van der Waals surface area contributed by atoms with Gasteiger partial charge >= 0.3 is 6.36 Å². The van der Waals surface area contributed by atoms with E-state index in [1.807, 2.05) is 0 Å². The molecule has 0 radical (unpaired) electrons. The molecule has 2 aromatic heterocycles. The number of ether oxygens (including phenoxy) is 1. The molecule has 2 N–H and O–H groups in total. The van der Waals surface area contributed by atoms with Gasteiger partial charge in [-0.05, 0) is 24.3 Å². The van der Waals surface area contributed by atoms with Crippen LogP contribution in [0.2, 0.25) is 0 Å². The number of rotatable bonds is 2. The van der Waals surface area contributed by atoms with Crippen LogP contribution >= 0.6 is 0 Å². The van der Waals surface area contributed by atoms with E-state index in [1.165, 1.54) is 28.9 Å². The van der Waals surface area contributed by atoms with Crippen molar-refractivity contribution in [1.29, 1.82) is 0 Å². The van der Waals surface area contributed by atoms with E-state index in [0.717, 1.165) is 12.1 Å². The number of alkyl halides is 3. The molecule has 0 spiro atoms. The molecule has 0 amide bonds. The van der Waals surface area contributed by atoms with E-state index in [1.54, 1.807) is 0 Å². The maximum Gasteiger partial charge on any atom is 0.573 e. The fourth-order valence-electron chi connectivity index (χ4n) is 2.00. The van der Waals surface area contributed by atoms with Crippen molar-refractivity contribution in [3.8, 4) is 17.0 Å². The minimum Gasteiger partial charge on any atom is -0.406 e. The Bertz CT molecular complexity index is 826. The van der Waals surface area contributed by atoms with Gasteiger partial charge < -0.3 is 10.5 Å². The Kier molecular flexibility index (Phi) is 3.12. The molecule has 0 saturated heterocycles. The number of halogens is 4. The van der Waals surface area contributed by atoms with Crippen molar-refractivity contribution in [2.75, 3.05) is 5.73 Å². The molecule has 114 valence electrons. The first kappa shape index (κ1) is 14.1. The van der Waals surface area contributed by atoms with Crippen LogP contribution in [0.1, 0.15) is 0 Å². The third-order valence-corrected chi connectivity index (χ3v) is 2.87. The van der Waals surface area contributed by atoms with Crippen LogP contribution in [0, 0.1) is 5.82 Å². The lowest BCUT2D eigenvalue weighted by molar-refractivity contribution is -0.274. The van der Waals surface area contributed by atoms with Gasteiger partial charge in [0.2, 0.25) is 5.95 Å². The Morgan fingerprint density at radius 1 is 1.14 bits per heavy atom. The number of fused-ring (bicyclic) bond motifs is 1. The summed E-state index contributed by atoms with van der Waals surface area (Å²) in [5, 5.41) is 3.89. The Balaban J connectivity index is 2.03. The van der Waals surface area contributed by atoms with E-state index >= 15 is 0 Å². The number of hydrogen-bond donors (Lipinski definition) is 1. The van der Waals surface area contributed by atoms with Gasteiger partial charge in [-0.1, -0.05) is 0 Å². The standard InChI is InChI=1S/C13H8F4N4O/c14-9-5-10(21-11(9)6-19-12(18)20-21)7-1-3-8(4-2-7)22-13(15,16)17/h1-6H,(H2,18,20). The van der Waals surface area contributed by atoms with Crippen molar-refractivity contribution in [3.63, 3.8) is 0 Å². The van der Waals surface area contributed by atoms with Crippen molar-refractivity contribution in [3.05, 3.63) is 42.3 Å². The maximum absolute atomic E-state index is 13.8. The van der Waals surface area contributed by atoms with Crippen molar-refractivity contribution in [1.82, 2.24) is 14.6 Å². The minimum atomic E-state index is -4.77. The largest absolute Gasteiger partial charge is 0.573 e. The highest BCUT2D eigenvalue weighted by Gasteiger charge is 2.31. The monoisotopic (exact) mass is 312 g/mol. The van der Waals surface area contributed by atoms with Crippen LogP contribution in [0.5, 0.6) is 5.75 Å². The van der Waals surface area contributed by atoms with Gasteiger partial charge in [-0.3, -0.25) is 0 Å². The fraction of sp³-hybridized carbons (Fsp3) is 0.0769. The van der Waals surface area contributed by atoms with Crippen LogP contribution in [0.3, 0.4) is 0 Å². The predicted octanol–water partition coefficient (Wildman–Crippen LogP) is 3.02. The quantitative estimate of drug-likeness (QED) is 0.739.